The second-order valence-electron chi connectivity index (χ2n) is 16.9. The summed E-state index contributed by atoms with van der Waals surface area (Å²) in [5.41, 5.74) is 18.4. The highest BCUT2D eigenvalue weighted by Crippen LogP contribution is 2.63. The Labute approximate surface area is 335 Å². The molecule has 270 valence electrons. The fourth-order valence-corrected chi connectivity index (χ4v) is 11.8. The number of hydrogen-bond donors (Lipinski definition) is 0. The van der Waals surface area contributed by atoms with Crippen LogP contribution in [0, 0.1) is 0 Å². The predicted octanol–water partition coefficient (Wildman–Crippen LogP) is 15.0. The number of anilines is 3. The van der Waals surface area contributed by atoms with E-state index < -0.39 is 0 Å². The summed E-state index contributed by atoms with van der Waals surface area (Å²) in [6.07, 6.45) is 2.46. The van der Waals surface area contributed by atoms with Gasteiger partial charge < -0.3 is 9.47 Å². The van der Waals surface area contributed by atoms with E-state index in [4.69, 9.17) is 0 Å². The number of fused-ring (bicyclic) bond motifs is 13. The van der Waals surface area contributed by atoms with Crippen molar-refractivity contribution in [3.05, 3.63) is 192 Å². The van der Waals surface area contributed by atoms with Crippen LogP contribution in [0.15, 0.2) is 170 Å². The van der Waals surface area contributed by atoms with Gasteiger partial charge in [0.25, 0.3) is 0 Å². The molecule has 2 aliphatic carbocycles. The quantitative estimate of drug-likeness (QED) is 0.175. The molecular formula is C54H38N2S. The topological polar surface area (TPSA) is 8.17 Å². The standard InChI is InChI=1S/C54H38N2S/c1-53(2)44-15-7-9-17-49(44)56(36-21-23-38-37-11-3-6-14-43(37)54(27-28-54)45(38)32-36)50-25-20-34(30-46(50)53)33-19-24-48-41(29-33)39-12-4-8-16-47(39)55(48)35-22-26-52-42(31-35)40-13-5-10-18-51(40)57-52/h3-26,29-32H,27-28H2,1-2H3. The largest absolute Gasteiger partial charge is 0.310 e. The van der Waals surface area contributed by atoms with E-state index in [-0.39, 0.29) is 10.8 Å². The van der Waals surface area contributed by atoms with Gasteiger partial charge in [-0.1, -0.05) is 111 Å². The van der Waals surface area contributed by atoms with Crippen LogP contribution < -0.4 is 4.90 Å². The molecule has 0 radical (unpaired) electrons. The average molecular weight is 747 g/mol. The van der Waals surface area contributed by atoms with Crippen LogP contribution in [0.4, 0.5) is 17.1 Å². The highest BCUT2D eigenvalue weighted by molar-refractivity contribution is 7.25. The van der Waals surface area contributed by atoms with Crippen molar-refractivity contribution in [2.75, 3.05) is 4.90 Å². The molecule has 0 atom stereocenters. The molecule has 0 unspecified atom stereocenters. The highest BCUT2D eigenvalue weighted by Gasteiger charge is 2.52. The second kappa shape index (κ2) is 11.1. The molecule has 0 N–H and O–H groups in total. The first-order valence-electron chi connectivity index (χ1n) is 20.2. The Morgan fingerprint density at radius 3 is 2.00 bits per heavy atom. The maximum atomic E-state index is 2.53. The van der Waals surface area contributed by atoms with E-state index >= 15 is 0 Å². The lowest BCUT2D eigenvalue weighted by molar-refractivity contribution is 0.632. The zero-order chi connectivity index (χ0) is 37.6. The molecule has 1 saturated carbocycles. The van der Waals surface area contributed by atoms with Crippen molar-refractivity contribution in [2.24, 2.45) is 0 Å². The first-order valence-corrected chi connectivity index (χ1v) is 21.0. The number of rotatable bonds is 3. The summed E-state index contributed by atoms with van der Waals surface area (Å²) >= 11 is 1.87. The third-order valence-corrected chi connectivity index (χ3v) is 14.8. The molecular weight excluding hydrogens is 709 g/mol. The van der Waals surface area contributed by atoms with Gasteiger partial charge in [0.1, 0.15) is 0 Å². The van der Waals surface area contributed by atoms with E-state index in [9.17, 15) is 0 Å². The number of aromatic nitrogens is 1. The van der Waals surface area contributed by atoms with Crippen LogP contribution in [0.5, 0.6) is 0 Å². The van der Waals surface area contributed by atoms with Gasteiger partial charge >= 0.3 is 0 Å². The van der Waals surface area contributed by atoms with Crippen LogP contribution >= 0.6 is 11.3 Å². The van der Waals surface area contributed by atoms with Gasteiger partial charge in [-0.3, -0.25) is 0 Å². The summed E-state index contributed by atoms with van der Waals surface area (Å²) in [5.74, 6) is 0. The van der Waals surface area contributed by atoms with E-state index in [1.54, 1.807) is 0 Å². The Morgan fingerprint density at radius 1 is 0.439 bits per heavy atom. The average Bonchev–Trinajstić information content (AvgIpc) is 3.79. The molecule has 0 saturated heterocycles. The molecule has 0 bridgehead atoms. The molecule has 1 spiro atoms. The van der Waals surface area contributed by atoms with E-state index in [2.05, 4.69) is 193 Å². The van der Waals surface area contributed by atoms with E-state index in [1.165, 1.54) is 122 Å². The van der Waals surface area contributed by atoms with Gasteiger partial charge in [0.2, 0.25) is 0 Å². The summed E-state index contributed by atoms with van der Waals surface area (Å²) in [4.78, 5) is 2.53. The molecule has 8 aromatic carbocycles. The summed E-state index contributed by atoms with van der Waals surface area (Å²) in [7, 11) is 0. The summed E-state index contributed by atoms with van der Waals surface area (Å²) in [6.45, 7) is 4.79. The third kappa shape index (κ3) is 4.25. The van der Waals surface area contributed by atoms with Crippen molar-refractivity contribution in [3.63, 3.8) is 0 Å². The first-order chi connectivity index (χ1) is 28.0. The Morgan fingerprint density at radius 2 is 1.11 bits per heavy atom. The maximum Gasteiger partial charge on any atom is 0.0541 e. The minimum Gasteiger partial charge on any atom is -0.310 e. The molecule has 3 heteroatoms. The van der Waals surface area contributed by atoms with Gasteiger partial charge in [0, 0.05) is 53.1 Å². The number of hydrogen-bond acceptors (Lipinski definition) is 2. The Kier molecular flexibility index (Phi) is 6.19. The first kappa shape index (κ1) is 31.7. The molecule has 1 aliphatic heterocycles. The van der Waals surface area contributed by atoms with Crippen LogP contribution in [0.1, 0.15) is 48.9 Å². The van der Waals surface area contributed by atoms with E-state index in [0.717, 1.165) is 0 Å². The van der Waals surface area contributed by atoms with Crippen molar-refractivity contribution < 1.29 is 0 Å². The van der Waals surface area contributed by atoms with E-state index in [1.807, 2.05) is 11.3 Å². The van der Waals surface area contributed by atoms with Gasteiger partial charge in [0.05, 0.1) is 22.4 Å². The van der Waals surface area contributed by atoms with Crippen molar-refractivity contribution in [1.29, 1.82) is 0 Å². The highest BCUT2D eigenvalue weighted by atomic mass is 32.1. The van der Waals surface area contributed by atoms with Crippen LogP contribution in [-0.4, -0.2) is 4.57 Å². The normalized spacial score (nSPS) is 15.6. The lowest BCUT2D eigenvalue weighted by Crippen LogP contribution is -2.30. The van der Waals surface area contributed by atoms with Crippen LogP contribution in [0.25, 0.3) is 69.9 Å². The van der Waals surface area contributed by atoms with Crippen molar-refractivity contribution in [1.82, 2.24) is 4.57 Å². The van der Waals surface area contributed by atoms with Crippen molar-refractivity contribution in [2.45, 2.75) is 37.5 Å². The minimum absolute atomic E-state index is 0.177. The minimum atomic E-state index is -0.187. The molecule has 13 rings (SSSR count). The van der Waals surface area contributed by atoms with Gasteiger partial charge in [-0.25, -0.2) is 0 Å². The molecule has 10 aromatic rings. The number of para-hydroxylation sites is 2. The zero-order valence-corrected chi connectivity index (χ0v) is 32.7. The molecule has 3 aliphatic rings. The molecule has 1 fully saturated rings. The number of benzene rings is 8. The smallest absolute Gasteiger partial charge is 0.0541 e. The third-order valence-electron chi connectivity index (χ3n) is 13.6. The molecule has 57 heavy (non-hydrogen) atoms. The van der Waals surface area contributed by atoms with Gasteiger partial charge in [-0.05, 0) is 130 Å². The summed E-state index contributed by atoms with van der Waals surface area (Å²) < 4.78 is 5.11. The van der Waals surface area contributed by atoms with Crippen LogP contribution in [-0.2, 0) is 10.8 Å². The van der Waals surface area contributed by atoms with Crippen LogP contribution in [0.3, 0.4) is 0 Å². The fourth-order valence-electron chi connectivity index (χ4n) is 10.7. The molecule has 2 aromatic heterocycles. The Hall–Kier alpha value is -6.42. The van der Waals surface area contributed by atoms with Gasteiger partial charge in [-0.2, -0.15) is 0 Å². The molecule has 2 nitrogen and oxygen atoms in total. The lowest BCUT2D eigenvalue weighted by atomic mass is 9.73. The van der Waals surface area contributed by atoms with Crippen LogP contribution in [0.2, 0.25) is 0 Å². The second-order valence-corrected chi connectivity index (χ2v) is 18.0. The maximum absolute atomic E-state index is 2.53. The molecule has 0 amide bonds. The zero-order valence-electron chi connectivity index (χ0n) is 31.9. The molecule has 3 heterocycles. The SMILES string of the molecule is CC1(C)c2ccccc2N(c2ccc3c(c2)C2(CC2)c2ccccc2-3)c2ccc(-c3ccc4c(c3)c3ccccc3n4-c3ccc4sc5ccccc5c4c3)cc21. The Bertz CT molecular complexity index is 3350. The monoisotopic (exact) mass is 746 g/mol. The van der Waals surface area contributed by atoms with Crippen molar-refractivity contribution in [3.8, 4) is 27.9 Å². The Balaban J connectivity index is 0.960. The number of nitrogens with zero attached hydrogens (tertiary/aromatic N) is 2. The van der Waals surface area contributed by atoms with E-state index in [0.29, 0.717) is 0 Å². The predicted molar refractivity (Wildman–Crippen MR) is 241 cm³/mol. The van der Waals surface area contributed by atoms with Gasteiger partial charge in [-0.15, -0.1) is 11.3 Å². The van der Waals surface area contributed by atoms with Crippen molar-refractivity contribution >= 4 is 70.4 Å². The van der Waals surface area contributed by atoms with Gasteiger partial charge in [0.15, 0.2) is 0 Å². The summed E-state index contributed by atoms with van der Waals surface area (Å²) in [6, 6.07) is 64.3. The summed E-state index contributed by atoms with van der Waals surface area (Å²) in [5, 5.41) is 5.19. The lowest BCUT2D eigenvalue weighted by Gasteiger charge is -2.42. The number of thiophene rings is 1. The fraction of sp³-hybridized carbons (Fsp3) is 0.111.